The van der Waals surface area contributed by atoms with E-state index in [1.54, 1.807) is 11.9 Å². The Hall–Kier alpha value is -3.41. The lowest BCUT2D eigenvalue weighted by molar-refractivity contribution is 0.0732. The molecule has 0 aliphatic carbocycles. The van der Waals surface area contributed by atoms with Gasteiger partial charge in [-0.15, -0.1) is 0 Å². The number of carbonyl (C=O) groups is 2. The topological polar surface area (TPSA) is 78.1 Å². The maximum Gasteiger partial charge on any atom is 0.276 e. The highest BCUT2D eigenvalue weighted by atomic mass is 16.2. The van der Waals surface area contributed by atoms with Crippen LogP contribution < -0.4 is 5.32 Å². The molecule has 6 heteroatoms. The Balaban J connectivity index is 1.78. The molecule has 1 atom stereocenters. The van der Waals surface area contributed by atoms with Crippen LogP contribution in [0.4, 0.5) is 5.69 Å². The smallest absolute Gasteiger partial charge is 0.276 e. The highest BCUT2D eigenvalue weighted by Crippen LogP contribution is 2.21. The first-order chi connectivity index (χ1) is 13.0. The van der Waals surface area contributed by atoms with Crippen molar-refractivity contribution in [2.24, 2.45) is 0 Å². The Morgan fingerprint density at radius 1 is 1.07 bits per heavy atom. The number of nitrogens with zero attached hydrogens (tertiary/aromatic N) is 2. The SMILES string of the molecule is Cc1ccc(NC(=O)c2nc[nH]c2C(=O)N(C)[C@H](C)c2ccccc2)cc1. The molecule has 0 aliphatic heterocycles. The molecule has 138 valence electrons. The molecular weight excluding hydrogens is 340 g/mol. The fraction of sp³-hybridized carbons (Fsp3) is 0.190. The van der Waals surface area contributed by atoms with E-state index < -0.39 is 5.91 Å². The second-order valence-electron chi connectivity index (χ2n) is 6.45. The van der Waals surface area contributed by atoms with Gasteiger partial charge in [-0.05, 0) is 31.5 Å². The second-order valence-corrected chi connectivity index (χ2v) is 6.45. The number of aromatic amines is 1. The van der Waals surface area contributed by atoms with Crippen LogP contribution in [0.1, 0.15) is 45.1 Å². The summed E-state index contributed by atoms with van der Waals surface area (Å²) in [4.78, 5) is 33.9. The van der Waals surface area contributed by atoms with Gasteiger partial charge < -0.3 is 15.2 Å². The fourth-order valence-electron chi connectivity index (χ4n) is 2.76. The van der Waals surface area contributed by atoms with Crippen molar-refractivity contribution in [2.75, 3.05) is 12.4 Å². The summed E-state index contributed by atoms with van der Waals surface area (Å²) in [6, 6.07) is 17.0. The zero-order chi connectivity index (χ0) is 19.4. The molecule has 3 rings (SSSR count). The number of amides is 2. The molecule has 0 aliphatic rings. The van der Waals surface area contributed by atoms with Crippen molar-refractivity contribution in [3.8, 4) is 0 Å². The monoisotopic (exact) mass is 362 g/mol. The van der Waals surface area contributed by atoms with Gasteiger partial charge in [0.05, 0.1) is 12.4 Å². The number of hydrogen-bond donors (Lipinski definition) is 2. The lowest BCUT2D eigenvalue weighted by Crippen LogP contribution is -2.31. The predicted octanol–water partition coefficient (Wildman–Crippen LogP) is 3.80. The van der Waals surface area contributed by atoms with E-state index in [-0.39, 0.29) is 23.3 Å². The standard InChI is InChI=1S/C21H22N4O2/c1-14-9-11-17(12-10-14)24-20(26)18-19(23-13-22-18)21(27)25(3)15(2)16-7-5-4-6-8-16/h4-13,15H,1-3H3,(H,22,23)(H,24,26)/t15-/m1/s1. The van der Waals surface area contributed by atoms with Gasteiger partial charge >= 0.3 is 0 Å². The maximum absolute atomic E-state index is 12.9. The van der Waals surface area contributed by atoms with Crippen LogP contribution in [0.3, 0.4) is 0 Å². The molecule has 2 amide bonds. The average Bonchev–Trinajstić information content (AvgIpc) is 3.18. The van der Waals surface area contributed by atoms with Gasteiger partial charge in [0.15, 0.2) is 5.69 Å². The van der Waals surface area contributed by atoms with Crippen LogP contribution in [0.25, 0.3) is 0 Å². The molecule has 3 aromatic rings. The summed E-state index contributed by atoms with van der Waals surface area (Å²) in [6.07, 6.45) is 1.36. The van der Waals surface area contributed by atoms with Gasteiger partial charge in [0.1, 0.15) is 5.69 Å². The van der Waals surface area contributed by atoms with E-state index in [1.807, 2.05) is 68.4 Å². The molecule has 0 radical (unpaired) electrons. The molecule has 0 bridgehead atoms. The number of H-pyrrole nitrogens is 1. The minimum Gasteiger partial charge on any atom is -0.340 e. The van der Waals surface area contributed by atoms with Crippen molar-refractivity contribution in [1.29, 1.82) is 0 Å². The molecular formula is C21H22N4O2. The van der Waals surface area contributed by atoms with Gasteiger partial charge in [0.25, 0.3) is 11.8 Å². The van der Waals surface area contributed by atoms with E-state index in [2.05, 4.69) is 15.3 Å². The Bertz CT molecular complexity index is 932. The minimum atomic E-state index is -0.427. The van der Waals surface area contributed by atoms with Crippen LogP contribution >= 0.6 is 0 Å². The van der Waals surface area contributed by atoms with E-state index >= 15 is 0 Å². The summed E-state index contributed by atoms with van der Waals surface area (Å²) in [5.41, 5.74) is 3.01. The molecule has 0 saturated heterocycles. The van der Waals surface area contributed by atoms with Crippen LogP contribution in [-0.2, 0) is 0 Å². The van der Waals surface area contributed by atoms with Gasteiger partial charge in [-0.2, -0.15) is 0 Å². The Morgan fingerprint density at radius 3 is 2.41 bits per heavy atom. The fourth-order valence-corrected chi connectivity index (χ4v) is 2.76. The third kappa shape index (κ3) is 4.06. The summed E-state index contributed by atoms with van der Waals surface area (Å²) in [5, 5.41) is 2.77. The van der Waals surface area contributed by atoms with Crippen molar-refractivity contribution < 1.29 is 9.59 Å². The number of aryl methyl sites for hydroxylation is 1. The maximum atomic E-state index is 12.9. The molecule has 0 unspecified atom stereocenters. The Labute approximate surface area is 158 Å². The molecule has 1 aromatic heterocycles. The van der Waals surface area contributed by atoms with Crippen molar-refractivity contribution in [3.05, 3.63) is 83.4 Å². The third-order valence-corrected chi connectivity index (χ3v) is 4.56. The summed E-state index contributed by atoms with van der Waals surface area (Å²) in [7, 11) is 1.71. The summed E-state index contributed by atoms with van der Waals surface area (Å²) < 4.78 is 0. The van der Waals surface area contributed by atoms with E-state index in [0.717, 1.165) is 11.1 Å². The van der Waals surface area contributed by atoms with Gasteiger partial charge in [0, 0.05) is 12.7 Å². The number of imidazole rings is 1. The molecule has 6 nitrogen and oxygen atoms in total. The Morgan fingerprint density at radius 2 is 1.74 bits per heavy atom. The average molecular weight is 362 g/mol. The number of nitrogens with one attached hydrogen (secondary N) is 2. The minimum absolute atomic E-state index is 0.0766. The van der Waals surface area contributed by atoms with E-state index in [1.165, 1.54) is 6.33 Å². The first-order valence-corrected chi connectivity index (χ1v) is 8.71. The summed E-state index contributed by atoms with van der Waals surface area (Å²) >= 11 is 0. The lowest BCUT2D eigenvalue weighted by atomic mass is 10.1. The molecule has 2 aromatic carbocycles. The first-order valence-electron chi connectivity index (χ1n) is 8.71. The normalized spacial score (nSPS) is 11.7. The Kier molecular flexibility index (Phi) is 5.35. The highest BCUT2D eigenvalue weighted by Gasteiger charge is 2.26. The summed E-state index contributed by atoms with van der Waals surface area (Å²) in [6.45, 7) is 3.91. The van der Waals surface area contributed by atoms with Gasteiger partial charge in [0.2, 0.25) is 0 Å². The number of anilines is 1. The van der Waals surface area contributed by atoms with E-state index in [4.69, 9.17) is 0 Å². The van der Waals surface area contributed by atoms with E-state index in [0.29, 0.717) is 5.69 Å². The van der Waals surface area contributed by atoms with Crippen molar-refractivity contribution in [1.82, 2.24) is 14.9 Å². The number of carbonyl (C=O) groups excluding carboxylic acids is 2. The lowest BCUT2D eigenvalue weighted by Gasteiger charge is -2.25. The molecule has 1 heterocycles. The van der Waals surface area contributed by atoms with E-state index in [9.17, 15) is 9.59 Å². The second kappa shape index (κ2) is 7.86. The van der Waals surface area contributed by atoms with Crippen molar-refractivity contribution >= 4 is 17.5 Å². The van der Waals surface area contributed by atoms with Gasteiger partial charge in [-0.1, -0.05) is 48.0 Å². The summed E-state index contributed by atoms with van der Waals surface area (Å²) in [5.74, 6) is -0.720. The molecule has 0 saturated carbocycles. The van der Waals surface area contributed by atoms with Gasteiger partial charge in [-0.3, -0.25) is 9.59 Å². The highest BCUT2D eigenvalue weighted by molar-refractivity contribution is 6.10. The van der Waals surface area contributed by atoms with Crippen molar-refractivity contribution in [2.45, 2.75) is 19.9 Å². The van der Waals surface area contributed by atoms with Crippen LogP contribution in [-0.4, -0.2) is 33.7 Å². The molecule has 0 fully saturated rings. The zero-order valence-electron chi connectivity index (χ0n) is 15.6. The van der Waals surface area contributed by atoms with Gasteiger partial charge in [-0.25, -0.2) is 4.98 Å². The number of rotatable bonds is 5. The largest absolute Gasteiger partial charge is 0.340 e. The van der Waals surface area contributed by atoms with Crippen LogP contribution in [0.2, 0.25) is 0 Å². The predicted molar refractivity (Wildman–Crippen MR) is 105 cm³/mol. The number of hydrogen-bond acceptors (Lipinski definition) is 3. The van der Waals surface area contributed by atoms with Crippen LogP contribution in [0.5, 0.6) is 0 Å². The molecule has 0 spiro atoms. The van der Waals surface area contributed by atoms with Crippen LogP contribution in [0.15, 0.2) is 60.9 Å². The van der Waals surface area contributed by atoms with Crippen LogP contribution in [0, 0.1) is 6.92 Å². The van der Waals surface area contributed by atoms with Crippen molar-refractivity contribution in [3.63, 3.8) is 0 Å². The molecule has 27 heavy (non-hydrogen) atoms. The number of aromatic nitrogens is 2. The third-order valence-electron chi connectivity index (χ3n) is 4.56. The quantitative estimate of drug-likeness (QED) is 0.724. The number of benzene rings is 2. The zero-order valence-corrected chi connectivity index (χ0v) is 15.6. The molecule has 2 N–H and O–H groups in total. The first kappa shape index (κ1) is 18.4.